The number of thioether (sulfide) groups is 1. The fourth-order valence-corrected chi connectivity index (χ4v) is 5.55. The van der Waals surface area contributed by atoms with Gasteiger partial charge in [0.1, 0.15) is 6.04 Å². The van der Waals surface area contributed by atoms with Crippen LogP contribution < -0.4 is 4.72 Å². The maximum Gasteiger partial charge on any atom is 0.241 e. The van der Waals surface area contributed by atoms with Gasteiger partial charge in [0.2, 0.25) is 15.9 Å². The molecule has 33 heavy (non-hydrogen) atoms. The molecule has 1 amide bonds. The molecule has 1 aliphatic rings. The van der Waals surface area contributed by atoms with E-state index in [9.17, 15) is 13.2 Å². The first kappa shape index (κ1) is 25.2. The van der Waals surface area contributed by atoms with Crippen molar-refractivity contribution in [1.82, 2.24) is 14.5 Å². The number of carbonyl (C=O) groups excluding carboxylic acids is 1. The zero-order valence-electron chi connectivity index (χ0n) is 18.8. The summed E-state index contributed by atoms with van der Waals surface area (Å²) < 4.78 is 28.3. The molecule has 1 atom stereocenters. The van der Waals surface area contributed by atoms with Gasteiger partial charge in [0, 0.05) is 32.7 Å². The Morgan fingerprint density at radius 2 is 1.82 bits per heavy atom. The Balaban J connectivity index is 1.64. The van der Waals surface area contributed by atoms with E-state index in [1.165, 1.54) is 12.1 Å². The highest BCUT2D eigenvalue weighted by Gasteiger charge is 2.30. The van der Waals surface area contributed by atoms with Crippen LogP contribution in [0.25, 0.3) is 0 Å². The monoisotopic (exact) mass is 486 g/mol. The van der Waals surface area contributed by atoms with E-state index in [1.807, 2.05) is 30.5 Å². The number of amides is 1. The van der Waals surface area contributed by atoms with Gasteiger partial charge in [-0.05, 0) is 54.7 Å². The molecule has 1 fully saturated rings. The van der Waals surface area contributed by atoms with E-state index in [2.05, 4.69) is 15.7 Å². The summed E-state index contributed by atoms with van der Waals surface area (Å²) >= 11 is 1.59. The first-order valence-corrected chi connectivity index (χ1v) is 13.9. The normalized spacial score (nSPS) is 16.1. The number of hydrogen-bond acceptors (Lipinski definition) is 6. The van der Waals surface area contributed by atoms with E-state index < -0.39 is 16.1 Å². The number of hydrogen-bond donors (Lipinski definition) is 1. The minimum atomic E-state index is -3.78. The van der Waals surface area contributed by atoms with Crippen molar-refractivity contribution >= 4 is 27.7 Å². The molecule has 0 aromatic heterocycles. The van der Waals surface area contributed by atoms with Crippen LogP contribution >= 0.6 is 11.8 Å². The highest BCUT2D eigenvalue weighted by Crippen LogP contribution is 2.15. The molecule has 0 saturated carbocycles. The SMILES string of the molecule is CSCCC(NS(=O)(=O)c1ccccc1)C(=O)N1CCCN(Cc2ccc(C#N)cc2)CC1. The maximum atomic E-state index is 13.3. The van der Waals surface area contributed by atoms with E-state index >= 15 is 0 Å². The van der Waals surface area contributed by atoms with Gasteiger partial charge >= 0.3 is 0 Å². The second kappa shape index (κ2) is 12.2. The van der Waals surface area contributed by atoms with Gasteiger partial charge in [-0.25, -0.2) is 8.42 Å². The fourth-order valence-electron chi connectivity index (χ4n) is 3.84. The molecule has 0 radical (unpaired) electrons. The Morgan fingerprint density at radius 3 is 2.48 bits per heavy atom. The number of carbonyl (C=O) groups is 1. The Morgan fingerprint density at radius 1 is 1.09 bits per heavy atom. The van der Waals surface area contributed by atoms with Crippen LogP contribution in [0.4, 0.5) is 0 Å². The lowest BCUT2D eigenvalue weighted by atomic mass is 10.1. The summed E-state index contributed by atoms with van der Waals surface area (Å²) in [6, 6.07) is 17.1. The maximum absolute atomic E-state index is 13.3. The van der Waals surface area contributed by atoms with Gasteiger partial charge in [-0.1, -0.05) is 30.3 Å². The molecule has 9 heteroatoms. The molecule has 1 saturated heterocycles. The Kier molecular flexibility index (Phi) is 9.32. The summed E-state index contributed by atoms with van der Waals surface area (Å²) in [4.78, 5) is 17.6. The van der Waals surface area contributed by atoms with Crippen LogP contribution in [0, 0.1) is 11.3 Å². The van der Waals surface area contributed by atoms with Crippen molar-refractivity contribution in [2.45, 2.75) is 30.3 Å². The van der Waals surface area contributed by atoms with Crippen LogP contribution in [0.15, 0.2) is 59.5 Å². The van der Waals surface area contributed by atoms with Gasteiger partial charge in [-0.3, -0.25) is 9.69 Å². The van der Waals surface area contributed by atoms with E-state index in [4.69, 9.17) is 5.26 Å². The zero-order chi connectivity index (χ0) is 23.7. The standard InChI is InChI=1S/C24H30N4O3S2/c1-32-17-12-23(26-33(30,31)22-6-3-2-4-7-22)24(29)28-14-5-13-27(15-16-28)19-21-10-8-20(18-25)9-11-21/h2-4,6-11,23,26H,5,12-17,19H2,1H3. The second-order valence-corrected chi connectivity index (χ2v) is 10.7. The minimum absolute atomic E-state index is 0.163. The van der Waals surface area contributed by atoms with Crippen molar-refractivity contribution in [2.75, 3.05) is 38.2 Å². The lowest BCUT2D eigenvalue weighted by Crippen LogP contribution is -2.49. The Bertz CT molecular complexity index is 1050. The summed E-state index contributed by atoms with van der Waals surface area (Å²) in [5.74, 6) is 0.524. The molecule has 1 heterocycles. The van der Waals surface area contributed by atoms with Crippen molar-refractivity contribution < 1.29 is 13.2 Å². The lowest BCUT2D eigenvalue weighted by molar-refractivity contribution is -0.132. The van der Waals surface area contributed by atoms with Gasteiger partial charge in [0.15, 0.2) is 0 Å². The third-order valence-corrected chi connectivity index (χ3v) is 7.78. The second-order valence-electron chi connectivity index (χ2n) is 8.03. The molecular weight excluding hydrogens is 456 g/mol. The highest BCUT2D eigenvalue weighted by molar-refractivity contribution is 7.98. The van der Waals surface area contributed by atoms with Crippen LogP contribution in [0.3, 0.4) is 0 Å². The molecule has 3 rings (SSSR count). The largest absolute Gasteiger partial charge is 0.340 e. The van der Waals surface area contributed by atoms with Gasteiger partial charge in [0.25, 0.3) is 0 Å². The van der Waals surface area contributed by atoms with Crippen molar-refractivity contribution in [1.29, 1.82) is 5.26 Å². The summed E-state index contributed by atoms with van der Waals surface area (Å²) in [6.07, 6.45) is 3.21. The lowest BCUT2D eigenvalue weighted by Gasteiger charge is -2.27. The van der Waals surface area contributed by atoms with E-state index in [-0.39, 0.29) is 10.8 Å². The van der Waals surface area contributed by atoms with Crippen molar-refractivity contribution in [3.63, 3.8) is 0 Å². The summed E-state index contributed by atoms with van der Waals surface area (Å²) in [7, 11) is -3.78. The molecule has 0 spiro atoms. The molecule has 0 aliphatic carbocycles. The highest BCUT2D eigenvalue weighted by atomic mass is 32.2. The van der Waals surface area contributed by atoms with E-state index in [1.54, 1.807) is 34.9 Å². The molecule has 176 valence electrons. The molecule has 1 aliphatic heterocycles. The van der Waals surface area contributed by atoms with Crippen LogP contribution in [0.2, 0.25) is 0 Å². The third-order valence-electron chi connectivity index (χ3n) is 5.65. The molecule has 0 bridgehead atoms. The van der Waals surface area contributed by atoms with Crippen molar-refractivity contribution in [2.24, 2.45) is 0 Å². The predicted molar refractivity (Wildman–Crippen MR) is 131 cm³/mol. The molecule has 1 unspecified atom stereocenters. The average Bonchev–Trinajstić information content (AvgIpc) is 3.08. The third kappa shape index (κ3) is 7.30. The average molecular weight is 487 g/mol. The van der Waals surface area contributed by atoms with Crippen molar-refractivity contribution in [3.05, 3.63) is 65.7 Å². The van der Waals surface area contributed by atoms with Crippen LogP contribution in [-0.2, 0) is 21.4 Å². The summed E-state index contributed by atoms with van der Waals surface area (Å²) in [5.41, 5.74) is 1.77. The topological polar surface area (TPSA) is 93.5 Å². The van der Waals surface area contributed by atoms with Crippen LogP contribution in [0.5, 0.6) is 0 Å². The predicted octanol–water partition coefficient (Wildman–Crippen LogP) is 2.69. The van der Waals surface area contributed by atoms with Gasteiger partial charge in [-0.2, -0.15) is 21.7 Å². The Labute approximate surface area is 200 Å². The Hall–Kier alpha value is -2.38. The van der Waals surface area contributed by atoms with Crippen LogP contribution in [0.1, 0.15) is 24.0 Å². The first-order chi connectivity index (χ1) is 15.9. The van der Waals surface area contributed by atoms with E-state index in [0.717, 1.165) is 25.1 Å². The number of sulfonamides is 1. The van der Waals surface area contributed by atoms with Gasteiger partial charge < -0.3 is 4.90 Å². The van der Waals surface area contributed by atoms with Gasteiger partial charge in [0.05, 0.1) is 16.5 Å². The molecule has 1 N–H and O–H groups in total. The zero-order valence-corrected chi connectivity index (χ0v) is 20.4. The summed E-state index contributed by atoms with van der Waals surface area (Å²) in [5, 5.41) is 8.96. The van der Waals surface area contributed by atoms with Crippen molar-refractivity contribution in [3.8, 4) is 6.07 Å². The smallest absolute Gasteiger partial charge is 0.241 e. The number of rotatable bonds is 9. The molecule has 2 aromatic carbocycles. The quantitative estimate of drug-likeness (QED) is 0.586. The van der Waals surface area contributed by atoms with Crippen LogP contribution in [-0.4, -0.2) is 68.4 Å². The summed E-state index contributed by atoms with van der Waals surface area (Å²) in [6.45, 7) is 3.48. The number of benzene rings is 2. The molecular formula is C24H30N4O3S2. The van der Waals surface area contributed by atoms with Gasteiger partial charge in [-0.15, -0.1) is 0 Å². The number of nitrogens with zero attached hydrogens (tertiary/aromatic N) is 3. The number of nitriles is 1. The van der Waals surface area contributed by atoms with E-state index in [0.29, 0.717) is 37.4 Å². The number of nitrogens with one attached hydrogen (secondary N) is 1. The molecule has 2 aromatic rings. The minimum Gasteiger partial charge on any atom is -0.340 e. The molecule has 7 nitrogen and oxygen atoms in total. The fraction of sp³-hybridized carbons (Fsp3) is 0.417. The first-order valence-electron chi connectivity index (χ1n) is 11.0.